The number of hydrogen-bond donors (Lipinski definition) is 1. The van der Waals surface area contributed by atoms with Gasteiger partial charge in [-0.05, 0) is 42.9 Å². The summed E-state index contributed by atoms with van der Waals surface area (Å²) in [6.45, 7) is 8.30. The van der Waals surface area contributed by atoms with Crippen LogP contribution >= 0.6 is 11.8 Å². The highest BCUT2D eigenvalue weighted by molar-refractivity contribution is 7.99. The van der Waals surface area contributed by atoms with E-state index in [0.29, 0.717) is 12.2 Å². The highest BCUT2D eigenvalue weighted by atomic mass is 32.2. The molecule has 1 fully saturated rings. The minimum atomic E-state index is -0.224. The van der Waals surface area contributed by atoms with Crippen molar-refractivity contribution in [1.29, 1.82) is 0 Å². The summed E-state index contributed by atoms with van der Waals surface area (Å²) in [6.07, 6.45) is 0.334. The maximum absolute atomic E-state index is 12.4. The molecule has 1 N–H and O–H groups in total. The first-order valence-corrected chi connectivity index (χ1v) is 12.8. The summed E-state index contributed by atoms with van der Waals surface area (Å²) in [4.78, 5) is 19.5. The van der Waals surface area contributed by atoms with Crippen LogP contribution in [0.3, 0.4) is 0 Å². The van der Waals surface area contributed by atoms with Gasteiger partial charge < -0.3 is 19.9 Å². The number of fused-ring (bicyclic) bond motifs is 2. The van der Waals surface area contributed by atoms with Gasteiger partial charge in [-0.1, -0.05) is 55.9 Å². The highest BCUT2D eigenvalue weighted by Crippen LogP contribution is 2.50. The Balaban J connectivity index is 1.46. The van der Waals surface area contributed by atoms with Crippen LogP contribution in [-0.2, 0) is 4.79 Å². The first-order chi connectivity index (χ1) is 16.5. The zero-order valence-corrected chi connectivity index (χ0v) is 20.8. The second-order valence-corrected chi connectivity index (χ2v) is 10.1. The van der Waals surface area contributed by atoms with Crippen molar-refractivity contribution in [3.8, 4) is 5.75 Å². The third kappa shape index (κ3) is 4.52. The molecule has 2 aliphatic rings. The van der Waals surface area contributed by atoms with Crippen LogP contribution in [-0.4, -0.2) is 44.1 Å². The molecule has 5 rings (SSSR count). The standard InChI is InChI=1S/C28H31N3O2S/c1-4-26(32)33-28-22(13-14-25-27(28)29-23-7-5-6-8-24(23)34-25)19(2)20-9-11-21(12-10-20)31-17-15-30(3)16-18-31/h5-14,19,29H,4,15-18H2,1-3H3. The van der Waals surface area contributed by atoms with Crippen molar-refractivity contribution < 1.29 is 9.53 Å². The number of piperazine rings is 1. The van der Waals surface area contributed by atoms with E-state index in [1.54, 1.807) is 11.8 Å². The number of likely N-dealkylation sites (N-methyl/N-ethyl adjacent to an activating group) is 1. The van der Waals surface area contributed by atoms with Crippen LogP contribution in [0.4, 0.5) is 17.1 Å². The quantitative estimate of drug-likeness (QED) is 0.279. The Morgan fingerprint density at radius 1 is 1.00 bits per heavy atom. The Hall–Kier alpha value is -2.96. The van der Waals surface area contributed by atoms with Crippen molar-refractivity contribution in [2.75, 3.05) is 43.4 Å². The molecule has 0 spiro atoms. The molecule has 0 saturated carbocycles. The molecule has 1 unspecified atom stereocenters. The summed E-state index contributed by atoms with van der Waals surface area (Å²) in [5.74, 6) is 0.496. The minimum Gasteiger partial charge on any atom is -0.424 e. The molecule has 0 aromatic heterocycles. The molecule has 34 heavy (non-hydrogen) atoms. The molecule has 3 aromatic carbocycles. The molecular formula is C28H31N3O2S. The molecule has 0 aliphatic carbocycles. The minimum absolute atomic E-state index is 0.0791. The van der Waals surface area contributed by atoms with Crippen molar-refractivity contribution >= 4 is 34.8 Å². The van der Waals surface area contributed by atoms with Gasteiger partial charge in [0, 0.05) is 59.6 Å². The van der Waals surface area contributed by atoms with E-state index in [1.807, 2.05) is 19.1 Å². The molecule has 2 heterocycles. The molecule has 3 aromatic rings. The third-order valence-electron chi connectivity index (χ3n) is 6.75. The number of ether oxygens (including phenoxy) is 1. The zero-order chi connectivity index (χ0) is 23.7. The van der Waals surface area contributed by atoms with Crippen LogP contribution in [0.5, 0.6) is 5.75 Å². The Bertz CT molecular complexity index is 1190. The zero-order valence-electron chi connectivity index (χ0n) is 20.0. The average molecular weight is 474 g/mol. The van der Waals surface area contributed by atoms with Crippen LogP contribution < -0.4 is 15.0 Å². The van der Waals surface area contributed by atoms with E-state index in [2.05, 4.69) is 77.6 Å². The molecule has 0 radical (unpaired) electrons. The predicted molar refractivity (Wildman–Crippen MR) is 140 cm³/mol. The lowest BCUT2D eigenvalue weighted by molar-refractivity contribution is -0.134. The van der Waals surface area contributed by atoms with Crippen LogP contribution in [0, 0.1) is 0 Å². The topological polar surface area (TPSA) is 44.8 Å². The number of nitrogens with zero attached hydrogens (tertiary/aromatic N) is 2. The maximum Gasteiger partial charge on any atom is 0.310 e. The number of benzene rings is 3. The lowest BCUT2D eigenvalue weighted by Gasteiger charge is -2.34. The fourth-order valence-electron chi connectivity index (χ4n) is 4.55. The van der Waals surface area contributed by atoms with Gasteiger partial charge in [0.15, 0.2) is 5.75 Å². The number of para-hydroxylation sites is 1. The van der Waals surface area contributed by atoms with Crippen LogP contribution in [0.1, 0.15) is 37.3 Å². The molecule has 6 heteroatoms. The van der Waals surface area contributed by atoms with Gasteiger partial charge in [0.25, 0.3) is 0 Å². The van der Waals surface area contributed by atoms with Gasteiger partial charge >= 0.3 is 5.97 Å². The van der Waals surface area contributed by atoms with Crippen molar-refractivity contribution in [1.82, 2.24) is 4.90 Å². The van der Waals surface area contributed by atoms with E-state index >= 15 is 0 Å². The van der Waals surface area contributed by atoms with E-state index in [0.717, 1.165) is 48.0 Å². The fourth-order valence-corrected chi connectivity index (χ4v) is 5.55. The van der Waals surface area contributed by atoms with Crippen molar-refractivity contribution in [2.24, 2.45) is 0 Å². The van der Waals surface area contributed by atoms with Crippen molar-refractivity contribution in [2.45, 2.75) is 36.0 Å². The van der Waals surface area contributed by atoms with Gasteiger partial charge in [-0.25, -0.2) is 0 Å². The summed E-state index contributed by atoms with van der Waals surface area (Å²) >= 11 is 1.70. The molecule has 0 amide bonds. The van der Waals surface area contributed by atoms with Gasteiger partial charge in [-0.15, -0.1) is 0 Å². The highest BCUT2D eigenvalue weighted by Gasteiger charge is 2.26. The molecule has 5 nitrogen and oxygen atoms in total. The smallest absolute Gasteiger partial charge is 0.310 e. The van der Waals surface area contributed by atoms with E-state index in [4.69, 9.17) is 4.74 Å². The van der Waals surface area contributed by atoms with Crippen LogP contribution in [0.25, 0.3) is 0 Å². The normalized spacial score (nSPS) is 16.3. The molecule has 176 valence electrons. The lowest BCUT2D eigenvalue weighted by Crippen LogP contribution is -2.44. The first-order valence-electron chi connectivity index (χ1n) is 12.0. The Labute approximate surface area is 206 Å². The van der Waals surface area contributed by atoms with Gasteiger partial charge in [-0.3, -0.25) is 4.79 Å². The Kier molecular flexibility index (Phi) is 6.53. The predicted octanol–water partition coefficient (Wildman–Crippen LogP) is 6.11. The summed E-state index contributed by atoms with van der Waals surface area (Å²) in [5.41, 5.74) is 5.40. The van der Waals surface area contributed by atoms with E-state index in [9.17, 15) is 4.79 Å². The second-order valence-electron chi connectivity index (χ2n) is 9.01. The van der Waals surface area contributed by atoms with E-state index in [-0.39, 0.29) is 11.9 Å². The number of hydrogen-bond acceptors (Lipinski definition) is 6. The summed E-state index contributed by atoms with van der Waals surface area (Å²) in [7, 11) is 2.18. The number of nitrogens with one attached hydrogen (secondary N) is 1. The van der Waals surface area contributed by atoms with Crippen molar-refractivity contribution in [3.63, 3.8) is 0 Å². The molecular weight excluding hydrogens is 442 g/mol. The maximum atomic E-state index is 12.4. The Morgan fingerprint density at radius 2 is 1.74 bits per heavy atom. The average Bonchev–Trinajstić information content (AvgIpc) is 2.88. The molecule has 0 bridgehead atoms. The first kappa shape index (κ1) is 22.8. The summed E-state index contributed by atoms with van der Waals surface area (Å²) in [5, 5.41) is 3.53. The van der Waals surface area contributed by atoms with Gasteiger partial charge in [0.05, 0.1) is 11.4 Å². The number of esters is 1. The van der Waals surface area contributed by atoms with Crippen LogP contribution in [0.2, 0.25) is 0 Å². The number of rotatable bonds is 5. The Morgan fingerprint density at radius 3 is 2.47 bits per heavy atom. The third-order valence-corrected chi connectivity index (χ3v) is 7.89. The van der Waals surface area contributed by atoms with Gasteiger partial charge in [0.2, 0.25) is 0 Å². The van der Waals surface area contributed by atoms with Crippen molar-refractivity contribution in [3.05, 3.63) is 71.8 Å². The summed E-state index contributed by atoms with van der Waals surface area (Å²) in [6, 6.07) is 21.3. The number of anilines is 3. The van der Waals surface area contributed by atoms with Gasteiger partial charge in [-0.2, -0.15) is 0 Å². The monoisotopic (exact) mass is 473 g/mol. The second kappa shape index (κ2) is 9.72. The lowest BCUT2D eigenvalue weighted by atomic mass is 9.91. The van der Waals surface area contributed by atoms with Gasteiger partial charge in [0.1, 0.15) is 0 Å². The summed E-state index contributed by atoms with van der Waals surface area (Å²) < 4.78 is 5.95. The number of carbonyl (C=O) groups excluding carboxylic acids is 1. The largest absolute Gasteiger partial charge is 0.424 e. The molecule has 2 aliphatic heterocycles. The van der Waals surface area contributed by atoms with E-state index < -0.39 is 0 Å². The molecule has 1 saturated heterocycles. The molecule has 1 atom stereocenters. The van der Waals surface area contributed by atoms with Crippen LogP contribution in [0.15, 0.2) is 70.5 Å². The fraction of sp³-hybridized carbons (Fsp3) is 0.321. The SMILES string of the molecule is CCC(=O)Oc1c(C(C)c2ccc(N3CCN(C)CC3)cc2)ccc2c1Nc1ccccc1S2. The van der Waals surface area contributed by atoms with E-state index in [1.165, 1.54) is 16.1 Å². The number of carbonyl (C=O) groups is 1.